The van der Waals surface area contributed by atoms with E-state index in [2.05, 4.69) is 10.3 Å². The van der Waals surface area contributed by atoms with Gasteiger partial charge in [-0.3, -0.25) is 9.78 Å². The predicted octanol–water partition coefficient (Wildman–Crippen LogP) is 2.70. The largest absolute Gasteiger partial charge is 0.378 e. The smallest absolute Gasteiger partial charge is 0.245 e. The molecular formula is C15H25Cl2N3O2. The molecule has 5 nitrogen and oxygen atoms in total. The molecule has 1 aliphatic carbocycles. The number of hydrogen-bond donors (Lipinski definition) is 2. The quantitative estimate of drug-likeness (QED) is 0.875. The highest BCUT2D eigenvalue weighted by molar-refractivity contribution is 5.99. The van der Waals surface area contributed by atoms with E-state index in [9.17, 15) is 4.79 Å². The molecule has 2 unspecified atom stereocenters. The lowest BCUT2D eigenvalue weighted by molar-refractivity contribution is -0.166. The van der Waals surface area contributed by atoms with Gasteiger partial charge < -0.3 is 15.8 Å². The zero-order valence-corrected chi connectivity index (χ0v) is 15.0. The maximum atomic E-state index is 12.5. The monoisotopic (exact) mass is 349 g/mol. The Hall–Kier alpha value is -0.880. The van der Waals surface area contributed by atoms with Gasteiger partial charge in [-0.2, -0.15) is 0 Å². The number of anilines is 1. The molecule has 3 N–H and O–H groups in total. The third-order valence-corrected chi connectivity index (χ3v) is 4.39. The van der Waals surface area contributed by atoms with Gasteiger partial charge in [-0.15, -0.1) is 24.8 Å². The van der Waals surface area contributed by atoms with E-state index in [-0.39, 0.29) is 42.2 Å². The second-order valence-corrected chi connectivity index (χ2v) is 5.98. The minimum Gasteiger partial charge on any atom is -0.378 e. The number of halogens is 2. The molecule has 1 aromatic rings. The number of carbonyl (C=O) groups excluding carboxylic acids is 1. The van der Waals surface area contributed by atoms with Crippen molar-refractivity contribution in [3.05, 3.63) is 24.0 Å². The molecule has 1 saturated carbocycles. The summed E-state index contributed by atoms with van der Waals surface area (Å²) in [6.07, 6.45) is 2.25. The SMILES string of the molecule is CCOC1CC(N)(C(=O)Nc2ccnc(C)c2)C1(C)C.Cl.Cl. The molecule has 2 atom stereocenters. The Bertz CT molecular complexity index is 525. The van der Waals surface area contributed by atoms with Crippen LogP contribution < -0.4 is 11.1 Å². The summed E-state index contributed by atoms with van der Waals surface area (Å²) in [5.41, 5.74) is 6.62. The molecule has 0 bridgehead atoms. The molecule has 7 heteroatoms. The molecule has 0 aliphatic heterocycles. The van der Waals surface area contributed by atoms with Crippen molar-refractivity contribution in [3.63, 3.8) is 0 Å². The number of rotatable bonds is 4. The minimum atomic E-state index is -0.899. The maximum Gasteiger partial charge on any atom is 0.245 e. The summed E-state index contributed by atoms with van der Waals surface area (Å²) in [7, 11) is 0. The number of nitrogens with one attached hydrogen (secondary N) is 1. The average molecular weight is 350 g/mol. The Balaban J connectivity index is 0.00000220. The fraction of sp³-hybridized carbons (Fsp3) is 0.600. The van der Waals surface area contributed by atoms with Crippen LogP contribution in [0.25, 0.3) is 0 Å². The second kappa shape index (κ2) is 7.59. The lowest BCUT2D eigenvalue weighted by Gasteiger charge is -2.57. The fourth-order valence-corrected chi connectivity index (χ4v) is 2.69. The Morgan fingerprint density at radius 1 is 1.50 bits per heavy atom. The summed E-state index contributed by atoms with van der Waals surface area (Å²) in [4.78, 5) is 16.6. The number of pyridine rings is 1. The summed E-state index contributed by atoms with van der Waals surface area (Å²) in [6.45, 7) is 8.43. The number of carbonyl (C=O) groups is 1. The van der Waals surface area contributed by atoms with Gasteiger partial charge in [0, 0.05) is 36.0 Å². The first-order valence-electron chi connectivity index (χ1n) is 6.96. The van der Waals surface area contributed by atoms with Crippen LogP contribution in [0.4, 0.5) is 5.69 Å². The van der Waals surface area contributed by atoms with Crippen molar-refractivity contribution < 1.29 is 9.53 Å². The molecule has 1 aliphatic rings. The zero-order chi connectivity index (χ0) is 15.0. The standard InChI is InChI=1S/C15H23N3O2.2ClH/c1-5-20-12-9-15(16,14(12,3)4)13(19)18-11-6-7-17-10(2)8-11;;/h6-8,12H,5,9,16H2,1-4H3,(H,17,18,19);2*1H. The molecule has 2 rings (SSSR count). The van der Waals surface area contributed by atoms with E-state index < -0.39 is 5.54 Å². The van der Waals surface area contributed by atoms with Crippen molar-refractivity contribution in [2.45, 2.75) is 45.8 Å². The highest BCUT2D eigenvalue weighted by Crippen LogP contribution is 2.50. The molecule has 22 heavy (non-hydrogen) atoms. The van der Waals surface area contributed by atoms with E-state index in [4.69, 9.17) is 10.5 Å². The van der Waals surface area contributed by atoms with E-state index in [0.717, 1.165) is 11.4 Å². The van der Waals surface area contributed by atoms with Crippen molar-refractivity contribution in [2.75, 3.05) is 11.9 Å². The lowest BCUT2D eigenvalue weighted by atomic mass is 9.54. The summed E-state index contributed by atoms with van der Waals surface area (Å²) in [6, 6.07) is 3.59. The number of amides is 1. The number of aryl methyl sites for hydroxylation is 1. The molecule has 0 radical (unpaired) electrons. The zero-order valence-electron chi connectivity index (χ0n) is 13.4. The number of hydrogen-bond acceptors (Lipinski definition) is 4. The molecular weight excluding hydrogens is 325 g/mol. The van der Waals surface area contributed by atoms with Crippen LogP contribution in [0.1, 0.15) is 32.9 Å². The summed E-state index contributed by atoms with van der Waals surface area (Å²) in [5.74, 6) is -0.163. The molecule has 0 saturated heterocycles. The van der Waals surface area contributed by atoms with Crippen LogP contribution in [0.3, 0.4) is 0 Å². The predicted molar refractivity (Wildman–Crippen MR) is 92.8 cm³/mol. The second-order valence-electron chi connectivity index (χ2n) is 5.98. The maximum absolute atomic E-state index is 12.5. The Kier molecular flexibility index (Phi) is 7.29. The van der Waals surface area contributed by atoms with Crippen LogP contribution in [0.5, 0.6) is 0 Å². The van der Waals surface area contributed by atoms with E-state index >= 15 is 0 Å². The molecule has 1 aromatic heterocycles. The summed E-state index contributed by atoms with van der Waals surface area (Å²) < 4.78 is 5.64. The first-order valence-corrected chi connectivity index (χ1v) is 6.96. The van der Waals surface area contributed by atoms with E-state index in [0.29, 0.717) is 13.0 Å². The van der Waals surface area contributed by atoms with E-state index in [1.54, 1.807) is 12.3 Å². The highest BCUT2D eigenvalue weighted by atomic mass is 35.5. The molecule has 0 spiro atoms. The van der Waals surface area contributed by atoms with Crippen LogP contribution in [0.15, 0.2) is 18.3 Å². The van der Waals surface area contributed by atoms with Crippen LogP contribution in [-0.2, 0) is 9.53 Å². The normalized spacial score (nSPS) is 25.2. The van der Waals surface area contributed by atoms with Crippen molar-refractivity contribution >= 4 is 36.4 Å². The van der Waals surface area contributed by atoms with Gasteiger partial charge in [0.1, 0.15) is 5.54 Å². The first-order chi connectivity index (χ1) is 9.31. The van der Waals surface area contributed by atoms with Gasteiger partial charge in [0.05, 0.1) is 6.10 Å². The number of nitrogens with zero attached hydrogens (tertiary/aromatic N) is 1. The Morgan fingerprint density at radius 2 is 2.14 bits per heavy atom. The molecule has 1 fully saturated rings. The van der Waals surface area contributed by atoms with Crippen LogP contribution in [-0.4, -0.2) is 29.1 Å². The number of aromatic nitrogens is 1. The van der Waals surface area contributed by atoms with Gasteiger partial charge in [-0.25, -0.2) is 0 Å². The van der Waals surface area contributed by atoms with Crippen LogP contribution in [0, 0.1) is 12.3 Å². The number of nitrogens with two attached hydrogens (primary N) is 1. The van der Waals surface area contributed by atoms with E-state index in [1.165, 1.54) is 0 Å². The van der Waals surface area contributed by atoms with Crippen molar-refractivity contribution in [2.24, 2.45) is 11.1 Å². The first kappa shape index (κ1) is 21.1. The summed E-state index contributed by atoms with van der Waals surface area (Å²) in [5, 5.41) is 2.88. The topological polar surface area (TPSA) is 77.2 Å². The van der Waals surface area contributed by atoms with Crippen LogP contribution >= 0.6 is 24.8 Å². The van der Waals surface area contributed by atoms with Gasteiger partial charge in [0.15, 0.2) is 0 Å². The van der Waals surface area contributed by atoms with Gasteiger partial charge in [0.2, 0.25) is 5.91 Å². The van der Waals surface area contributed by atoms with Gasteiger partial charge in [0.25, 0.3) is 0 Å². The summed E-state index contributed by atoms with van der Waals surface area (Å²) >= 11 is 0. The van der Waals surface area contributed by atoms with Gasteiger partial charge in [-0.05, 0) is 26.0 Å². The minimum absolute atomic E-state index is 0. The van der Waals surface area contributed by atoms with Gasteiger partial charge >= 0.3 is 0 Å². The lowest BCUT2D eigenvalue weighted by Crippen LogP contribution is -2.74. The average Bonchev–Trinajstić information content (AvgIpc) is 2.38. The number of ether oxygens (including phenoxy) is 1. The third kappa shape index (κ3) is 3.54. The third-order valence-electron chi connectivity index (χ3n) is 4.39. The molecule has 0 aromatic carbocycles. The van der Waals surface area contributed by atoms with Gasteiger partial charge in [-0.1, -0.05) is 13.8 Å². The van der Waals surface area contributed by atoms with Crippen molar-refractivity contribution in [1.29, 1.82) is 0 Å². The fourth-order valence-electron chi connectivity index (χ4n) is 2.69. The van der Waals surface area contributed by atoms with Crippen LogP contribution in [0.2, 0.25) is 0 Å². The molecule has 126 valence electrons. The molecule has 1 heterocycles. The Labute approximate surface area is 144 Å². The Morgan fingerprint density at radius 3 is 2.64 bits per heavy atom. The van der Waals surface area contributed by atoms with Crippen molar-refractivity contribution in [1.82, 2.24) is 4.98 Å². The van der Waals surface area contributed by atoms with Crippen molar-refractivity contribution in [3.8, 4) is 0 Å². The highest BCUT2D eigenvalue weighted by Gasteiger charge is 2.62. The van der Waals surface area contributed by atoms with E-state index in [1.807, 2.05) is 33.8 Å². The molecule has 1 amide bonds.